The predicted molar refractivity (Wildman–Crippen MR) is 137 cm³/mol. The lowest BCUT2D eigenvalue weighted by atomic mass is 10.0. The van der Waals surface area contributed by atoms with E-state index in [0.717, 1.165) is 54.5 Å². The SMILES string of the molecule is COc1cccc(CN2CCN3Cc4nc(c5ccccc5n4)N[C@@H](C(C)C)C(=O)NCC3C2)c1. The molecule has 2 atom stereocenters. The van der Waals surface area contributed by atoms with Crippen LogP contribution in [0.25, 0.3) is 10.9 Å². The average Bonchev–Trinajstić information content (AvgIpc) is 2.88. The molecule has 5 rings (SSSR count). The van der Waals surface area contributed by atoms with Crippen molar-refractivity contribution in [2.24, 2.45) is 5.92 Å². The Bertz CT molecular complexity index is 1200. The standard InChI is InChI=1S/C27H34N6O2/c1-18(2)25-27(34)28-14-20-16-32(15-19-7-6-8-21(13-19)35-3)11-12-33(20)17-24-29-23-10-5-4-9-22(23)26(30-24)31-25/h4-10,13,18,20,25H,11-12,14-17H2,1-3H3,(H,28,34)(H,29,30,31)/t20?,25-/m0/s1. The fourth-order valence-corrected chi connectivity index (χ4v) is 5.03. The van der Waals surface area contributed by atoms with Gasteiger partial charge in [-0.15, -0.1) is 0 Å². The molecule has 1 fully saturated rings. The van der Waals surface area contributed by atoms with Crippen molar-refractivity contribution in [1.82, 2.24) is 25.1 Å². The zero-order valence-corrected chi connectivity index (χ0v) is 20.7. The molecule has 8 nitrogen and oxygen atoms in total. The van der Waals surface area contributed by atoms with Crippen molar-refractivity contribution in [3.05, 3.63) is 59.9 Å². The molecule has 1 amide bonds. The summed E-state index contributed by atoms with van der Waals surface area (Å²) in [7, 11) is 1.70. The van der Waals surface area contributed by atoms with Crippen molar-refractivity contribution in [2.75, 3.05) is 38.6 Å². The van der Waals surface area contributed by atoms with E-state index in [1.165, 1.54) is 5.56 Å². The second-order valence-electron chi connectivity index (χ2n) is 9.83. The highest BCUT2D eigenvalue weighted by Crippen LogP contribution is 2.25. The van der Waals surface area contributed by atoms with Crippen LogP contribution in [-0.2, 0) is 17.9 Å². The van der Waals surface area contributed by atoms with Gasteiger partial charge >= 0.3 is 0 Å². The summed E-state index contributed by atoms with van der Waals surface area (Å²) in [6.45, 7) is 8.90. The zero-order valence-electron chi connectivity index (χ0n) is 20.7. The molecule has 0 saturated carbocycles. The van der Waals surface area contributed by atoms with E-state index in [9.17, 15) is 4.79 Å². The number of para-hydroxylation sites is 1. The number of methoxy groups -OCH3 is 1. The Morgan fingerprint density at radius 1 is 1.11 bits per heavy atom. The van der Waals surface area contributed by atoms with Crippen LogP contribution in [0.3, 0.4) is 0 Å². The van der Waals surface area contributed by atoms with Gasteiger partial charge in [-0.05, 0) is 35.7 Å². The van der Waals surface area contributed by atoms with Gasteiger partial charge in [-0.3, -0.25) is 14.6 Å². The predicted octanol–water partition coefficient (Wildman–Crippen LogP) is 2.89. The Balaban J connectivity index is 1.42. The average molecular weight is 475 g/mol. The number of amides is 1. The molecule has 2 aliphatic rings. The molecule has 0 spiro atoms. The van der Waals surface area contributed by atoms with Gasteiger partial charge in [0, 0.05) is 44.2 Å². The van der Waals surface area contributed by atoms with E-state index >= 15 is 0 Å². The molecule has 1 aromatic heterocycles. The zero-order chi connectivity index (χ0) is 24.4. The third kappa shape index (κ3) is 5.23. The Hall–Kier alpha value is -3.23. The van der Waals surface area contributed by atoms with Crippen LogP contribution in [-0.4, -0.2) is 71.0 Å². The van der Waals surface area contributed by atoms with Crippen LogP contribution in [0.15, 0.2) is 48.5 Å². The van der Waals surface area contributed by atoms with E-state index in [0.29, 0.717) is 13.1 Å². The number of carbonyl (C=O) groups excluding carboxylic acids is 1. The second kappa shape index (κ2) is 10.2. The molecule has 0 aliphatic carbocycles. The highest BCUT2D eigenvalue weighted by molar-refractivity contribution is 5.92. The number of benzene rings is 2. The van der Waals surface area contributed by atoms with Crippen LogP contribution >= 0.6 is 0 Å². The molecular weight excluding hydrogens is 440 g/mol. The number of ether oxygens (including phenoxy) is 1. The van der Waals surface area contributed by atoms with E-state index in [-0.39, 0.29) is 23.9 Å². The number of hydrogen-bond donors (Lipinski definition) is 2. The number of nitrogens with one attached hydrogen (secondary N) is 2. The fraction of sp³-hybridized carbons (Fsp3) is 0.444. The van der Waals surface area contributed by atoms with Crippen molar-refractivity contribution >= 4 is 22.6 Å². The van der Waals surface area contributed by atoms with Gasteiger partial charge < -0.3 is 15.4 Å². The number of fused-ring (bicyclic) bond motifs is 5. The fourth-order valence-electron chi connectivity index (χ4n) is 5.03. The van der Waals surface area contributed by atoms with Crippen molar-refractivity contribution in [3.8, 4) is 5.75 Å². The van der Waals surface area contributed by atoms with E-state index in [1.807, 2.05) is 36.4 Å². The molecule has 3 aromatic rings. The van der Waals surface area contributed by atoms with Crippen LogP contribution in [0.2, 0.25) is 0 Å². The first kappa shape index (κ1) is 23.5. The number of carbonyl (C=O) groups is 1. The largest absolute Gasteiger partial charge is 0.497 e. The van der Waals surface area contributed by atoms with Crippen molar-refractivity contribution < 1.29 is 9.53 Å². The third-order valence-electron chi connectivity index (χ3n) is 6.98. The van der Waals surface area contributed by atoms with E-state index < -0.39 is 0 Å². The minimum atomic E-state index is -0.371. The number of anilines is 1. The Morgan fingerprint density at radius 3 is 2.80 bits per heavy atom. The maximum atomic E-state index is 13.3. The molecule has 3 heterocycles. The summed E-state index contributed by atoms with van der Waals surface area (Å²) >= 11 is 0. The molecule has 35 heavy (non-hydrogen) atoms. The van der Waals surface area contributed by atoms with Crippen LogP contribution in [0.5, 0.6) is 5.75 Å². The number of aromatic nitrogens is 2. The lowest BCUT2D eigenvalue weighted by Crippen LogP contribution is -2.57. The first-order valence-electron chi connectivity index (χ1n) is 12.4. The second-order valence-corrected chi connectivity index (χ2v) is 9.83. The summed E-state index contributed by atoms with van der Waals surface area (Å²) in [6.07, 6.45) is 0. The van der Waals surface area contributed by atoms with Gasteiger partial charge in [-0.2, -0.15) is 0 Å². The minimum Gasteiger partial charge on any atom is -0.497 e. The Kier molecular flexibility index (Phi) is 6.83. The first-order chi connectivity index (χ1) is 17.0. The topological polar surface area (TPSA) is 82.6 Å². The van der Waals surface area contributed by atoms with E-state index in [2.05, 4.69) is 46.4 Å². The van der Waals surface area contributed by atoms with Crippen molar-refractivity contribution in [1.29, 1.82) is 0 Å². The molecule has 1 unspecified atom stereocenters. The molecular formula is C27H34N6O2. The van der Waals surface area contributed by atoms with Crippen LogP contribution in [0, 0.1) is 5.92 Å². The van der Waals surface area contributed by atoms with Gasteiger partial charge in [-0.25, -0.2) is 9.97 Å². The van der Waals surface area contributed by atoms with E-state index in [1.54, 1.807) is 7.11 Å². The van der Waals surface area contributed by atoms with Crippen LogP contribution in [0.1, 0.15) is 25.2 Å². The minimum absolute atomic E-state index is 0.0102. The highest BCUT2D eigenvalue weighted by Gasteiger charge is 2.31. The number of piperazine rings is 1. The van der Waals surface area contributed by atoms with Gasteiger partial charge in [0.1, 0.15) is 23.4 Å². The first-order valence-corrected chi connectivity index (χ1v) is 12.4. The molecule has 184 valence electrons. The Labute approximate surface area is 206 Å². The quantitative estimate of drug-likeness (QED) is 0.602. The molecule has 8 heteroatoms. The maximum absolute atomic E-state index is 13.3. The number of nitrogens with zero attached hydrogens (tertiary/aromatic N) is 4. The third-order valence-corrected chi connectivity index (χ3v) is 6.98. The molecule has 2 bridgehead atoms. The molecule has 2 aliphatic heterocycles. The normalized spacial score (nSPS) is 21.7. The molecule has 2 N–H and O–H groups in total. The van der Waals surface area contributed by atoms with Gasteiger partial charge in [0.05, 0.1) is 19.2 Å². The summed E-state index contributed by atoms with van der Waals surface area (Å²) in [5, 5.41) is 7.61. The summed E-state index contributed by atoms with van der Waals surface area (Å²) in [5.41, 5.74) is 2.13. The summed E-state index contributed by atoms with van der Waals surface area (Å²) in [5.74, 6) is 2.51. The molecule has 0 radical (unpaired) electrons. The van der Waals surface area contributed by atoms with Crippen molar-refractivity contribution in [3.63, 3.8) is 0 Å². The lowest BCUT2D eigenvalue weighted by Gasteiger charge is -2.41. The summed E-state index contributed by atoms with van der Waals surface area (Å²) in [6, 6.07) is 16.0. The highest BCUT2D eigenvalue weighted by atomic mass is 16.5. The Morgan fingerprint density at radius 2 is 1.97 bits per heavy atom. The molecule has 1 saturated heterocycles. The van der Waals surface area contributed by atoms with Gasteiger partial charge in [0.25, 0.3) is 0 Å². The van der Waals surface area contributed by atoms with E-state index in [4.69, 9.17) is 14.7 Å². The van der Waals surface area contributed by atoms with Crippen molar-refractivity contribution in [2.45, 2.75) is 39.0 Å². The summed E-state index contributed by atoms with van der Waals surface area (Å²) in [4.78, 5) is 27.9. The number of hydrogen-bond acceptors (Lipinski definition) is 7. The van der Waals surface area contributed by atoms with Gasteiger partial charge in [0.15, 0.2) is 0 Å². The lowest BCUT2D eigenvalue weighted by molar-refractivity contribution is -0.123. The van der Waals surface area contributed by atoms with Gasteiger partial charge in [0.2, 0.25) is 5.91 Å². The van der Waals surface area contributed by atoms with Crippen LogP contribution < -0.4 is 15.4 Å². The molecule has 2 aromatic carbocycles. The maximum Gasteiger partial charge on any atom is 0.242 e. The van der Waals surface area contributed by atoms with Crippen LogP contribution in [0.4, 0.5) is 5.82 Å². The summed E-state index contributed by atoms with van der Waals surface area (Å²) < 4.78 is 5.40. The smallest absolute Gasteiger partial charge is 0.242 e. The number of rotatable bonds is 4. The monoisotopic (exact) mass is 474 g/mol. The van der Waals surface area contributed by atoms with Gasteiger partial charge in [-0.1, -0.05) is 38.1 Å².